The Hall–Kier alpha value is -2.34. The van der Waals surface area contributed by atoms with E-state index in [0.717, 1.165) is 62.0 Å². The quantitative estimate of drug-likeness (QED) is 0.899. The summed E-state index contributed by atoms with van der Waals surface area (Å²) in [6, 6.07) is 8.16. The molecule has 0 radical (unpaired) electrons. The standard InChI is InChI=1S/C21H28N4O2/c1-15-5-4-9-25(12-15)21-22-19-14-24(10-8-18(19)20(26)23-21)13-16-6-3-7-17(11-16)27-2/h3,6-7,11,15H,4-5,8-10,12-14H2,1-2H3,(H,22,23,26)/t15-/m1/s1. The SMILES string of the molecule is COc1cccc(CN2CCc3c(nc(N4CCC[C@@H](C)C4)[nH]c3=O)C2)c1. The number of aromatic nitrogens is 2. The van der Waals surface area contributed by atoms with Crippen LogP contribution in [-0.2, 0) is 19.5 Å². The number of benzene rings is 1. The maximum atomic E-state index is 12.6. The molecule has 0 aliphatic carbocycles. The number of methoxy groups -OCH3 is 1. The first-order valence-electron chi connectivity index (χ1n) is 9.84. The first-order chi connectivity index (χ1) is 13.1. The number of fused-ring (bicyclic) bond motifs is 1. The number of anilines is 1. The number of nitrogens with one attached hydrogen (secondary N) is 1. The zero-order valence-electron chi connectivity index (χ0n) is 16.2. The summed E-state index contributed by atoms with van der Waals surface area (Å²) >= 11 is 0. The van der Waals surface area contributed by atoms with E-state index in [1.807, 2.05) is 12.1 Å². The molecule has 0 amide bonds. The van der Waals surface area contributed by atoms with Gasteiger partial charge in [-0.25, -0.2) is 4.98 Å². The van der Waals surface area contributed by atoms with Crippen molar-refractivity contribution in [3.05, 3.63) is 51.4 Å². The van der Waals surface area contributed by atoms with E-state index >= 15 is 0 Å². The molecular weight excluding hydrogens is 340 g/mol. The minimum atomic E-state index is 0.0363. The summed E-state index contributed by atoms with van der Waals surface area (Å²) in [6.07, 6.45) is 3.15. The number of aromatic amines is 1. The van der Waals surface area contributed by atoms with Crippen molar-refractivity contribution < 1.29 is 4.74 Å². The van der Waals surface area contributed by atoms with Gasteiger partial charge in [-0.15, -0.1) is 0 Å². The molecule has 1 fully saturated rings. The Morgan fingerprint density at radius 2 is 2.22 bits per heavy atom. The molecule has 1 aromatic heterocycles. The van der Waals surface area contributed by atoms with E-state index in [0.29, 0.717) is 12.5 Å². The smallest absolute Gasteiger partial charge is 0.255 e. The van der Waals surface area contributed by atoms with Crippen LogP contribution >= 0.6 is 0 Å². The lowest BCUT2D eigenvalue weighted by Gasteiger charge is -2.33. The first kappa shape index (κ1) is 18.0. The number of ether oxygens (including phenoxy) is 1. The second kappa shape index (κ2) is 7.72. The van der Waals surface area contributed by atoms with Crippen LogP contribution in [0.15, 0.2) is 29.1 Å². The van der Waals surface area contributed by atoms with E-state index in [4.69, 9.17) is 9.72 Å². The van der Waals surface area contributed by atoms with Crippen molar-refractivity contribution in [2.45, 2.75) is 39.3 Å². The predicted octanol–water partition coefficient (Wildman–Crippen LogP) is 2.57. The van der Waals surface area contributed by atoms with E-state index in [1.54, 1.807) is 7.11 Å². The summed E-state index contributed by atoms with van der Waals surface area (Å²) in [5.74, 6) is 2.26. The lowest BCUT2D eigenvalue weighted by atomic mass is 10.0. The predicted molar refractivity (Wildman–Crippen MR) is 106 cm³/mol. The topological polar surface area (TPSA) is 61.5 Å². The van der Waals surface area contributed by atoms with E-state index in [2.05, 4.69) is 33.8 Å². The second-order valence-corrected chi connectivity index (χ2v) is 7.82. The number of H-pyrrole nitrogens is 1. The molecule has 6 nitrogen and oxygen atoms in total. The second-order valence-electron chi connectivity index (χ2n) is 7.82. The largest absolute Gasteiger partial charge is 0.497 e. The molecule has 1 saturated heterocycles. The fourth-order valence-corrected chi connectivity index (χ4v) is 4.18. The number of nitrogens with zero attached hydrogens (tertiary/aromatic N) is 3. The van der Waals surface area contributed by atoms with Crippen LogP contribution in [0, 0.1) is 5.92 Å². The summed E-state index contributed by atoms with van der Waals surface area (Å²) < 4.78 is 5.33. The highest BCUT2D eigenvalue weighted by Gasteiger charge is 2.24. The van der Waals surface area contributed by atoms with Crippen molar-refractivity contribution in [2.24, 2.45) is 5.92 Å². The third kappa shape index (κ3) is 4.00. The van der Waals surface area contributed by atoms with Crippen molar-refractivity contribution in [3.8, 4) is 5.75 Å². The fourth-order valence-electron chi connectivity index (χ4n) is 4.18. The molecule has 0 unspecified atom stereocenters. The van der Waals surface area contributed by atoms with Crippen LogP contribution in [0.2, 0.25) is 0 Å². The Balaban J connectivity index is 1.53. The molecule has 0 spiro atoms. The first-order valence-corrected chi connectivity index (χ1v) is 9.84. The van der Waals surface area contributed by atoms with Gasteiger partial charge in [0.1, 0.15) is 5.75 Å². The normalized spacial score (nSPS) is 20.4. The van der Waals surface area contributed by atoms with Crippen LogP contribution < -0.4 is 15.2 Å². The molecule has 1 aromatic carbocycles. The van der Waals surface area contributed by atoms with Gasteiger partial charge in [-0.05, 0) is 42.9 Å². The number of hydrogen-bond donors (Lipinski definition) is 1. The van der Waals surface area contributed by atoms with Gasteiger partial charge in [-0.1, -0.05) is 19.1 Å². The van der Waals surface area contributed by atoms with Gasteiger partial charge in [-0.3, -0.25) is 14.7 Å². The monoisotopic (exact) mass is 368 g/mol. The molecular formula is C21H28N4O2. The van der Waals surface area contributed by atoms with Gasteiger partial charge in [0.15, 0.2) is 0 Å². The Kier molecular flexibility index (Phi) is 5.16. The van der Waals surface area contributed by atoms with E-state index in [-0.39, 0.29) is 5.56 Å². The van der Waals surface area contributed by atoms with E-state index < -0.39 is 0 Å². The molecule has 0 saturated carbocycles. The van der Waals surface area contributed by atoms with Crippen LogP contribution in [0.25, 0.3) is 0 Å². The maximum absolute atomic E-state index is 12.6. The van der Waals surface area contributed by atoms with Crippen LogP contribution in [0.1, 0.15) is 36.6 Å². The minimum Gasteiger partial charge on any atom is -0.497 e. The fraction of sp³-hybridized carbons (Fsp3) is 0.524. The highest BCUT2D eigenvalue weighted by molar-refractivity contribution is 5.35. The summed E-state index contributed by atoms with van der Waals surface area (Å²) in [4.78, 5) is 25.1. The van der Waals surface area contributed by atoms with E-state index in [9.17, 15) is 4.79 Å². The lowest BCUT2D eigenvalue weighted by molar-refractivity contribution is 0.240. The van der Waals surface area contributed by atoms with Gasteiger partial charge >= 0.3 is 0 Å². The van der Waals surface area contributed by atoms with Gasteiger partial charge in [0.25, 0.3) is 5.56 Å². The number of rotatable bonds is 4. The molecule has 0 bridgehead atoms. The molecule has 2 aliphatic heterocycles. The van der Waals surface area contributed by atoms with Crippen molar-refractivity contribution in [1.82, 2.24) is 14.9 Å². The van der Waals surface area contributed by atoms with Gasteiger partial charge < -0.3 is 9.64 Å². The molecule has 3 heterocycles. The van der Waals surface area contributed by atoms with Crippen LogP contribution in [0.4, 0.5) is 5.95 Å². The zero-order valence-corrected chi connectivity index (χ0v) is 16.2. The molecule has 2 aromatic rings. The average molecular weight is 368 g/mol. The highest BCUT2D eigenvalue weighted by atomic mass is 16.5. The van der Waals surface area contributed by atoms with E-state index in [1.165, 1.54) is 12.0 Å². The third-order valence-electron chi connectivity index (χ3n) is 5.64. The molecule has 2 aliphatic rings. The van der Waals surface area contributed by atoms with Crippen molar-refractivity contribution in [3.63, 3.8) is 0 Å². The van der Waals surface area contributed by atoms with Crippen LogP contribution in [-0.4, -0.2) is 41.6 Å². The summed E-state index contributed by atoms with van der Waals surface area (Å²) in [7, 11) is 1.69. The Morgan fingerprint density at radius 1 is 1.33 bits per heavy atom. The molecule has 1 atom stereocenters. The van der Waals surface area contributed by atoms with Gasteiger partial charge in [0, 0.05) is 38.3 Å². The zero-order chi connectivity index (χ0) is 18.8. The molecule has 4 rings (SSSR count). The highest BCUT2D eigenvalue weighted by Crippen LogP contribution is 2.23. The van der Waals surface area contributed by atoms with Gasteiger partial charge in [0.05, 0.1) is 12.8 Å². The average Bonchev–Trinajstić information content (AvgIpc) is 2.68. The molecule has 27 heavy (non-hydrogen) atoms. The summed E-state index contributed by atoms with van der Waals surface area (Å²) in [5.41, 5.74) is 3.04. The molecule has 1 N–H and O–H groups in total. The third-order valence-corrected chi connectivity index (χ3v) is 5.64. The molecule has 144 valence electrons. The Bertz CT molecular complexity index is 864. The van der Waals surface area contributed by atoms with Crippen molar-refractivity contribution in [1.29, 1.82) is 0 Å². The van der Waals surface area contributed by atoms with Gasteiger partial charge in [-0.2, -0.15) is 0 Å². The maximum Gasteiger partial charge on any atom is 0.255 e. The number of hydrogen-bond acceptors (Lipinski definition) is 5. The van der Waals surface area contributed by atoms with Crippen molar-refractivity contribution >= 4 is 5.95 Å². The number of piperidine rings is 1. The molecule has 6 heteroatoms. The Labute approximate surface area is 160 Å². The van der Waals surface area contributed by atoms with Gasteiger partial charge in [0.2, 0.25) is 5.95 Å². The van der Waals surface area contributed by atoms with Crippen LogP contribution in [0.3, 0.4) is 0 Å². The van der Waals surface area contributed by atoms with Crippen molar-refractivity contribution in [2.75, 3.05) is 31.6 Å². The Morgan fingerprint density at radius 3 is 3.04 bits per heavy atom. The minimum absolute atomic E-state index is 0.0363. The summed E-state index contributed by atoms with van der Waals surface area (Å²) in [6.45, 7) is 6.62. The van der Waals surface area contributed by atoms with Crippen LogP contribution in [0.5, 0.6) is 5.75 Å². The summed E-state index contributed by atoms with van der Waals surface area (Å²) in [5, 5.41) is 0. The lowest BCUT2D eigenvalue weighted by Crippen LogP contribution is -2.39.